The number of carbonyl (C=O) groups is 1. The van der Waals surface area contributed by atoms with Gasteiger partial charge in [-0.15, -0.1) is 0 Å². The van der Waals surface area contributed by atoms with E-state index in [1.807, 2.05) is 0 Å². The molecule has 0 aliphatic rings. The SMILES string of the molecule is CCC(=O)c1ccccc1Oc1ccc(F)c(F)c1. The van der Waals surface area contributed by atoms with Gasteiger partial charge in [-0.1, -0.05) is 19.1 Å². The van der Waals surface area contributed by atoms with Crippen LogP contribution < -0.4 is 4.74 Å². The number of para-hydroxylation sites is 1. The van der Waals surface area contributed by atoms with E-state index < -0.39 is 11.6 Å². The third-order valence-electron chi connectivity index (χ3n) is 2.63. The van der Waals surface area contributed by atoms with Crippen molar-refractivity contribution in [3.05, 3.63) is 59.7 Å². The first-order valence-corrected chi connectivity index (χ1v) is 5.87. The number of hydrogen-bond donors (Lipinski definition) is 0. The summed E-state index contributed by atoms with van der Waals surface area (Å²) in [4.78, 5) is 11.7. The number of benzene rings is 2. The Labute approximate surface area is 109 Å². The number of ether oxygens (including phenoxy) is 1. The zero-order chi connectivity index (χ0) is 13.8. The van der Waals surface area contributed by atoms with E-state index in [9.17, 15) is 13.6 Å². The van der Waals surface area contributed by atoms with Crippen LogP contribution in [0, 0.1) is 11.6 Å². The molecule has 0 N–H and O–H groups in total. The molecule has 0 atom stereocenters. The lowest BCUT2D eigenvalue weighted by atomic mass is 10.1. The fraction of sp³-hybridized carbons (Fsp3) is 0.133. The van der Waals surface area contributed by atoms with E-state index >= 15 is 0 Å². The van der Waals surface area contributed by atoms with Crippen molar-refractivity contribution < 1.29 is 18.3 Å². The van der Waals surface area contributed by atoms with Crippen LogP contribution in [0.2, 0.25) is 0 Å². The first-order chi connectivity index (χ1) is 9.11. The van der Waals surface area contributed by atoms with Crippen molar-refractivity contribution in [2.75, 3.05) is 0 Å². The molecule has 0 aromatic heterocycles. The third-order valence-corrected chi connectivity index (χ3v) is 2.63. The van der Waals surface area contributed by atoms with Gasteiger partial charge < -0.3 is 4.74 Å². The van der Waals surface area contributed by atoms with E-state index in [0.29, 0.717) is 17.7 Å². The van der Waals surface area contributed by atoms with Crippen molar-refractivity contribution >= 4 is 5.78 Å². The zero-order valence-corrected chi connectivity index (χ0v) is 10.3. The molecule has 4 heteroatoms. The van der Waals surface area contributed by atoms with Gasteiger partial charge in [0.2, 0.25) is 0 Å². The van der Waals surface area contributed by atoms with Gasteiger partial charge in [0.15, 0.2) is 17.4 Å². The van der Waals surface area contributed by atoms with Crippen LogP contribution in [-0.2, 0) is 0 Å². The van der Waals surface area contributed by atoms with Gasteiger partial charge in [0.05, 0.1) is 5.56 Å². The first kappa shape index (κ1) is 13.2. The second kappa shape index (κ2) is 5.61. The summed E-state index contributed by atoms with van der Waals surface area (Å²) in [6, 6.07) is 9.93. The van der Waals surface area contributed by atoms with Crippen molar-refractivity contribution in [2.45, 2.75) is 13.3 Å². The number of halogens is 2. The summed E-state index contributed by atoms with van der Waals surface area (Å²) in [6.07, 6.45) is 0.345. The smallest absolute Gasteiger partial charge is 0.166 e. The highest BCUT2D eigenvalue weighted by Gasteiger charge is 2.11. The zero-order valence-electron chi connectivity index (χ0n) is 10.3. The van der Waals surface area contributed by atoms with Crippen LogP contribution >= 0.6 is 0 Å². The van der Waals surface area contributed by atoms with Crippen LogP contribution in [0.5, 0.6) is 11.5 Å². The van der Waals surface area contributed by atoms with Crippen molar-refractivity contribution in [3.8, 4) is 11.5 Å². The fourth-order valence-electron chi connectivity index (χ4n) is 1.64. The summed E-state index contributed by atoms with van der Waals surface area (Å²) in [7, 11) is 0. The molecule has 0 unspecified atom stereocenters. The second-order valence-electron chi connectivity index (χ2n) is 3.95. The highest BCUT2D eigenvalue weighted by atomic mass is 19.2. The molecule has 0 radical (unpaired) electrons. The van der Waals surface area contributed by atoms with Gasteiger partial charge in [0.1, 0.15) is 11.5 Å². The second-order valence-corrected chi connectivity index (χ2v) is 3.95. The molecule has 0 fully saturated rings. The van der Waals surface area contributed by atoms with Crippen molar-refractivity contribution in [1.29, 1.82) is 0 Å². The van der Waals surface area contributed by atoms with Crippen LogP contribution in [0.25, 0.3) is 0 Å². The Kier molecular flexibility index (Phi) is 3.90. The maximum Gasteiger partial charge on any atom is 0.166 e. The normalized spacial score (nSPS) is 10.3. The summed E-state index contributed by atoms with van der Waals surface area (Å²) in [5, 5.41) is 0. The van der Waals surface area contributed by atoms with E-state index in [1.54, 1.807) is 31.2 Å². The molecule has 2 aromatic rings. The van der Waals surface area contributed by atoms with Gasteiger partial charge in [-0.05, 0) is 24.3 Å². The molecule has 0 heterocycles. The van der Waals surface area contributed by atoms with Gasteiger partial charge in [-0.2, -0.15) is 0 Å². The number of hydrogen-bond acceptors (Lipinski definition) is 2. The summed E-state index contributed by atoms with van der Waals surface area (Å²) >= 11 is 0. The minimum atomic E-state index is -0.989. The Morgan fingerprint density at radius 3 is 2.53 bits per heavy atom. The summed E-state index contributed by atoms with van der Waals surface area (Å²) < 4.78 is 31.3. The average molecular weight is 262 g/mol. The van der Waals surface area contributed by atoms with Crippen LogP contribution in [0.1, 0.15) is 23.7 Å². The molecular formula is C15H12F2O2. The molecule has 0 amide bonds. The minimum Gasteiger partial charge on any atom is -0.457 e. The monoisotopic (exact) mass is 262 g/mol. The van der Waals surface area contributed by atoms with Gasteiger partial charge in [0, 0.05) is 12.5 Å². The minimum absolute atomic E-state index is 0.0711. The predicted molar refractivity (Wildman–Crippen MR) is 67.5 cm³/mol. The Morgan fingerprint density at radius 2 is 1.84 bits per heavy atom. The van der Waals surface area contributed by atoms with Crippen molar-refractivity contribution in [2.24, 2.45) is 0 Å². The molecular weight excluding hydrogens is 250 g/mol. The summed E-state index contributed by atoms with van der Waals surface area (Å²) in [5.74, 6) is -1.52. The van der Waals surface area contributed by atoms with Gasteiger partial charge in [-0.25, -0.2) is 8.78 Å². The maximum atomic E-state index is 13.1. The number of Topliss-reactive ketones (excluding diaryl/α,β-unsaturated/α-hetero) is 1. The number of rotatable bonds is 4. The van der Waals surface area contributed by atoms with Crippen molar-refractivity contribution in [3.63, 3.8) is 0 Å². The lowest BCUT2D eigenvalue weighted by Gasteiger charge is -2.10. The highest BCUT2D eigenvalue weighted by molar-refractivity contribution is 5.98. The third kappa shape index (κ3) is 2.96. The molecule has 19 heavy (non-hydrogen) atoms. The first-order valence-electron chi connectivity index (χ1n) is 5.87. The highest BCUT2D eigenvalue weighted by Crippen LogP contribution is 2.27. The van der Waals surface area contributed by atoms with Crippen molar-refractivity contribution in [1.82, 2.24) is 0 Å². The molecule has 0 spiro atoms. The molecule has 0 aliphatic carbocycles. The average Bonchev–Trinajstić information content (AvgIpc) is 2.43. The van der Waals surface area contributed by atoms with E-state index in [1.165, 1.54) is 6.07 Å². The number of carbonyl (C=O) groups excluding carboxylic acids is 1. The molecule has 2 rings (SSSR count). The van der Waals surface area contributed by atoms with E-state index in [2.05, 4.69) is 0 Å². The Hall–Kier alpha value is -2.23. The summed E-state index contributed by atoms with van der Waals surface area (Å²) in [6.45, 7) is 1.75. The quantitative estimate of drug-likeness (QED) is 0.766. The fourth-order valence-corrected chi connectivity index (χ4v) is 1.64. The Bertz CT molecular complexity index is 609. The van der Waals surface area contributed by atoms with Crippen LogP contribution in [-0.4, -0.2) is 5.78 Å². The molecule has 2 nitrogen and oxygen atoms in total. The van der Waals surface area contributed by atoms with Crippen LogP contribution in [0.4, 0.5) is 8.78 Å². The van der Waals surface area contributed by atoms with E-state index in [4.69, 9.17) is 4.74 Å². The standard InChI is InChI=1S/C15H12F2O2/c1-2-14(18)11-5-3-4-6-15(11)19-10-7-8-12(16)13(17)9-10/h3-9H,2H2,1H3. The maximum absolute atomic E-state index is 13.1. The summed E-state index contributed by atoms with van der Waals surface area (Å²) in [5.41, 5.74) is 0.426. The van der Waals surface area contributed by atoms with E-state index in [0.717, 1.165) is 12.1 Å². The molecule has 2 aromatic carbocycles. The topological polar surface area (TPSA) is 26.3 Å². The largest absolute Gasteiger partial charge is 0.457 e. The van der Waals surface area contributed by atoms with Crippen LogP contribution in [0.15, 0.2) is 42.5 Å². The molecule has 98 valence electrons. The Balaban J connectivity index is 2.32. The number of ketones is 1. The van der Waals surface area contributed by atoms with Gasteiger partial charge in [-0.3, -0.25) is 4.79 Å². The predicted octanol–water partition coefficient (Wildman–Crippen LogP) is 4.35. The van der Waals surface area contributed by atoms with E-state index in [-0.39, 0.29) is 11.5 Å². The lowest BCUT2D eigenvalue weighted by molar-refractivity contribution is 0.0986. The van der Waals surface area contributed by atoms with Crippen LogP contribution in [0.3, 0.4) is 0 Å². The molecule has 0 bridgehead atoms. The Morgan fingerprint density at radius 1 is 1.11 bits per heavy atom. The van der Waals surface area contributed by atoms with Gasteiger partial charge >= 0.3 is 0 Å². The van der Waals surface area contributed by atoms with Gasteiger partial charge in [0.25, 0.3) is 0 Å². The molecule has 0 saturated carbocycles. The lowest BCUT2D eigenvalue weighted by Crippen LogP contribution is -2.00. The molecule has 0 aliphatic heterocycles. The molecule has 0 saturated heterocycles.